The molecule has 0 atom stereocenters. The predicted molar refractivity (Wildman–Crippen MR) is 147 cm³/mol. The molecule has 34 heavy (non-hydrogen) atoms. The van der Waals surface area contributed by atoms with Gasteiger partial charge in [0, 0.05) is 30.2 Å². The van der Waals surface area contributed by atoms with Gasteiger partial charge in [-0.1, -0.05) is 36.8 Å². The fraction of sp³-hybridized carbons (Fsp3) is 0.417. The van der Waals surface area contributed by atoms with Crippen molar-refractivity contribution in [2.75, 3.05) is 51.1 Å². The van der Waals surface area contributed by atoms with Gasteiger partial charge in [-0.15, -0.1) is 24.2 Å². The zero-order valence-electron chi connectivity index (χ0n) is 19.9. The Bertz CT molecular complexity index is 1060. The van der Waals surface area contributed by atoms with Crippen molar-refractivity contribution in [3.8, 4) is 11.5 Å². The van der Waals surface area contributed by atoms with Gasteiger partial charge in [-0.25, -0.2) is 4.98 Å². The Hall–Kier alpha value is -1.71. The van der Waals surface area contributed by atoms with Crippen molar-refractivity contribution >= 4 is 68.4 Å². The standard InChI is InChI=1S/C24H30ClN3O3S2.ClH/c1-5-27(6-2)14-15-28(21(29)13-16-32-18-9-7-17(30-3)8-10-18)24-26-22-20(31-4)12-11-19(25)23(22)33-24;/h7-12H,5-6,13-16H2,1-4H3;1H. The molecule has 186 valence electrons. The monoisotopic (exact) mass is 543 g/mol. The van der Waals surface area contributed by atoms with Crippen LogP contribution in [0.25, 0.3) is 10.2 Å². The summed E-state index contributed by atoms with van der Waals surface area (Å²) in [4.78, 5) is 23.3. The maximum Gasteiger partial charge on any atom is 0.229 e. The average Bonchev–Trinajstić information content (AvgIpc) is 3.28. The van der Waals surface area contributed by atoms with E-state index in [-0.39, 0.29) is 18.3 Å². The fourth-order valence-corrected chi connectivity index (χ4v) is 5.53. The van der Waals surface area contributed by atoms with Crippen LogP contribution in [0.5, 0.6) is 11.5 Å². The Kier molecular flexibility index (Phi) is 11.7. The van der Waals surface area contributed by atoms with Gasteiger partial charge < -0.3 is 14.4 Å². The molecule has 0 N–H and O–H groups in total. The highest BCUT2D eigenvalue weighted by Gasteiger charge is 2.22. The Morgan fingerprint density at radius 3 is 2.38 bits per heavy atom. The number of aromatic nitrogens is 1. The van der Waals surface area contributed by atoms with Gasteiger partial charge in [0.05, 0.1) is 23.9 Å². The number of thiazole rings is 1. The SMILES string of the molecule is CCN(CC)CCN(C(=O)CCSc1ccc(OC)cc1)c1nc2c(OC)ccc(Cl)c2s1.Cl. The largest absolute Gasteiger partial charge is 0.497 e. The van der Waals surface area contributed by atoms with Crippen LogP contribution in [0.2, 0.25) is 5.02 Å². The molecule has 0 saturated carbocycles. The lowest BCUT2D eigenvalue weighted by molar-refractivity contribution is -0.118. The Morgan fingerprint density at radius 1 is 1.06 bits per heavy atom. The maximum absolute atomic E-state index is 13.3. The molecule has 1 amide bonds. The van der Waals surface area contributed by atoms with Crippen molar-refractivity contribution in [3.63, 3.8) is 0 Å². The van der Waals surface area contributed by atoms with E-state index in [4.69, 9.17) is 26.1 Å². The Morgan fingerprint density at radius 2 is 1.76 bits per heavy atom. The van der Waals surface area contributed by atoms with E-state index >= 15 is 0 Å². The highest BCUT2D eigenvalue weighted by Crippen LogP contribution is 2.39. The van der Waals surface area contributed by atoms with E-state index in [1.165, 1.54) is 11.3 Å². The molecule has 0 saturated heterocycles. The van der Waals surface area contributed by atoms with Gasteiger partial charge in [0.25, 0.3) is 0 Å². The third-order valence-electron chi connectivity index (χ3n) is 5.38. The molecule has 2 aromatic carbocycles. The molecular formula is C24H31Cl2N3O3S2. The molecule has 0 fully saturated rings. The number of hydrogen-bond acceptors (Lipinski definition) is 7. The van der Waals surface area contributed by atoms with Gasteiger partial charge in [0.15, 0.2) is 5.13 Å². The molecule has 0 radical (unpaired) electrons. The number of carbonyl (C=O) groups is 1. The second kappa shape index (κ2) is 14.0. The van der Waals surface area contributed by atoms with Crippen molar-refractivity contribution in [2.45, 2.75) is 25.2 Å². The lowest BCUT2D eigenvalue weighted by atomic mass is 10.3. The molecule has 0 unspecified atom stereocenters. The first-order valence-electron chi connectivity index (χ1n) is 10.9. The van der Waals surface area contributed by atoms with Gasteiger partial charge in [-0.3, -0.25) is 9.69 Å². The van der Waals surface area contributed by atoms with E-state index in [2.05, 4.69) is 18.7 Å². The zero-order valence-corrected chi connectivity index (χ0v) is 23.1. The van der Waals surface area contributed by atoms with Gasteiger partial charge in [-0.05, 0) is 49.5 Å². The van der Waals surface area contributed by atoms with Gasteiger partial charge >= 0.3 is 0 Å². The highest BCUT2D eigenvalue weighted by atomic mass is 35.5. The van der Waals surface area contributed by atoms with Crippen LogP contribution in [-0.4, -0.2) is 61.9 Å². The molecule has 3 rings (SSSR count). The highest BCUT2D eigenvalue weighted by molar-refractivity contribution is 7.99. The van der Waals surface area contributed by atoms with Crippen LogP contribution in [-0.2, 0) is 4.79 Å². The van der Waals surface area contributed by atoms with Crippen LogP contribution >= 0.6 is 47.1 Å². The molecule has 10 heteroatoms. The summed E-state index contributed by atoms with van der Waals surface area (Å²) in [6, 6.07) is 11.5. The average molecular weight is 545 g/mol. The quantitative estimate of drug-likeness (QED) is 0.252. The molecule has 1 heterocycles. The summed E-state index contributed by atoms with van der Waals surface area (Å²) in [7, 11) is 3.26. The number of thioether (sulfide) groups is 1. The molecule has 0 aliphatic rings. The van der Waals surface area contributed by atoms with E-state index < -0.39 is 0 Å². The van der Waals surface area contributed by atoms with E-state index in [0.717, 1.165) is 35.0 Å². The number of benzene rings is 2. The van der Waals surface area contributed by atoms with Gasteiger partial charge in [0.1, 0.15) is 17.0 Å². The minimum Gasteiger partial charge on any atom is -0.497 e. The van der Waals surface area contributed by atoms with Crippen molar-refractivity contribution in [3.05, 3.63) is 41.4 Å². The van der Waals surface area contributed by atoms with Crippen molar-refractivity contribution in [1.29, 1.82) is 0 Å². The van der Waals surface area contributed by atoms with E-state index in [0.29, 0.717) is 40.1 Å². The molecule has 3 aromatic rings. The van der Waals surface area contributed by atoms with E-state index in [1.54, 1.807) is 36.9 Å². The summed E-state index contributed by atoms with van der Waals surface area (Å²) in [5.74, 6) is 2.21. The summed E-state index contributed by atoms with van der Waals surface area (Å²) in [6.45, 7) is 7.49. The molecule has 6 nitrogen and oxygen atoms in total. The van der Waals surface area contributed by atoms with Crippen LogP contribution in [0.3, 0.4) is 0 Å². The molecule has 0 spiro atoms. The second-order valence-electron chi connectivity index (χ2n) is 7.27. The number of halogens is 2. The number of methoxy groups -OCH3 is 2. The molecule has 1 aromatic heterocycles. The summed E-state index contributed by atoms with van der Waals surface area (Å²) in [6.07, 6.45) is 0.412. The minimum atomic E-state index is 0. The van der Waals surface area contributed by atoms with Crippen molar-refractivity contribution in [2.24, 2.45) is 0 Å². The molecule has 0 aliphatic heterocycles. The van der Waals surface area contributed by atoms with E-state index in [1.807, 2.05) is 30.3 Å². The van der Waals surface area contributed by atoms with Crippen LogP contribution in [0.4, 0.5) is 5.13 Å². The number of anilines is 1. The zero-order chi connectivity index (χ0) is 23.8. The number of rotatable bonds is 12. The van der Waals surface area contributed by atoms with Gasteiger partial charge in [-0.2, -0.15) is 0 Å². The summed E-state index contributed by atoms with van der Waals surface area (Å²) >= 11 is 9.51. The normalized spacial score (nSPS) is 10.9. The number of ether oxygens (including phenoxy) is 2. The number of fused-ring (bicyclic) bond motifs is 1. The van der Waals surface area contributed by atoms with Crippen LogP contribution in [0.15, 0.2) is 41.3 Å². The lowest BCUT2D eigenvalue weighted by Gasteiger charge is -2.24. The number of carbonyl (C=O) groups excluding carboxylic acids is 1. The molecule has 0 aliphatic carbocycles. The first-order valence-corrected chi connectivity index (χ1v) is 13.1. The number of likely N-dealkylation sites (N-methyl/N-ethyl adjacent to an activating group) is 1. The van der Waals surface area contributed by atoms with Crippen LogP contribution < -0.4 is 14.4 Å². The summed E-state index contributed by atoms with van der Waals surface area (Å²) in [5.41, 5.74) is 0.693. The first kappa shape index (κ1) is 28.5. The van der Waals surface area contributed by atoms with Gasteiger partial charge in [0.2, 0.25) is 5.91 Å². The topological polar surface area (TPSA) is 54.9 Å². The minimum absolute atomic E-state index is 0. The Labute approximate surface area is 221 Å². The lowest BCUT2D eigenvalue weighted by Crippen LogP contribution is -2.39. The van der Waals surface area contributed by atoms with Crippen LogP contribution in [0, 0.1) is 0 Å². The number of nitrogens with zero attached hydrogens (tertiary/aromatic N) is 3. The second-order valence-corrected chi connectivity index (χ2v) is 9.82. The fourth-order valence-electron chi connectivity index (χ4n) is 3.39. The summed E-state index contributed by atoms with van der Waals surface area (Å²) < 4.78 is 11.5. The van der Waals surface area contributed by atoms with Crippen LogP contribution in [0.1, 0.15) is 20.3 Å². The van der Waals surface area contributed by atoms with Crippen molar-refractivity contribution < 1.29 is 14.3 Å². The third kappa shape index (κ3) is 7.15. The van der Waals surface area contributed by atoms with Crippen molar-refractivity contribution in [1.82, 2.24) is 9.88 Å². The number of hydrogen-bond donors (Lipinski definition) is 0. The molecular weight excluding hydrogens is 513 g/mol. The number of amides is 1. The third-order valence-corrected chi connectivity index (χ3v) is 7.93. The molecule has 0 bridgehead atoms. The van der Waals surface area contributed by atoms with E-state index in [9.17, 15) is 4.79 Å². The smallest absolute Gasteiger partial charge is 0.229 e. The maximum atomic E-state index is 13.3. The Balaban J connectivity index is 0.00000408. The summed E-state index contributed by atoms with van der Waals surface area (Å²) in [5, 5.41) is 1.27. The predicted octanol–water partition coefficient (Wildman–Crippen LogP) is 6.25. The first-order chi connectivity index (χ1) is 16.0.